The molecule has 12 nitrogen and oxygen atoms in total. The minimum atomic E-state index is -1.74. The van der Waals surface area contributed by atoms with Crippen LogP contribution in [0, 0.1) is 0 Å². The number of hydrogen-bond acceptors (Lipinski definition) is 13. The Morgan fingerprint density at radius 2 is 1.41 bits per heavy atom. The number of aliphatic hydroxyl groups is 7. The molecule has 7 N–H and O–H groups in total. The second-order valence-corrected chi connectivity index (χ2v) is 7.50. The molecule has 2 aliphatic rings. The number of aliphatic imine (C=N–C) groups is 1. The summed E-state index contributed by atoms with van der Waals surface area (Å²) in [5, 5.41) is 72.2. The summed E-state index contributed by atoms with van der Waals surface area (Å²) in [5.74, 6) is 0.273. The molecule has 0 saturated carbocycles. The first-order chi connectivity index (χ1) is 15.3. The van der Waals surface area contributed by atoms with Gasteiger partial charge in [-0.2, -0.15) is 4.99 Å². The molecule has 0 amide bonds. The van der Waals surface area contributed by atoms with Crippen molar-refractivity contribution in [2.45, 2.75) is 61.4 Å². The number of isothiocyanates is 1. The molecule has 32 heavy (non-hydrogen) atoms. The fourth-order valence-corrected chi connectivity index (χ4v) is 3.54. The molecule has 2 saturated heterocycles. The largest absolute Gasteiger partial charge is 0.462 e. The van der Waals surface area contributed by atoms with Crippen LogP contribution in [0.2, 0.25) is 0 Å². The first kappa shape index (κ1) is 25.1. The maximum absolute atomic E-state index is 10.6. The first-order valence-electron chi connectivity index (χ1n) is 9.73. The number of aliphatic hydroxyl groups excluding tert-OH is 7. The number of rotatable bonds is 7. The maximum Gasteiger partial charge on any atom is 0.229 e. The Morgan fingerprint density at radius 1 is 0.812 bits per heavy atom. The quantitative estimate of drug-likeness (QED) is 0.161. The SMILES string of the molecule is OC[C@@H]1O[C@H](O[C@H]2[C@@H](O)[C@H](O)[C@H](Oc3ccc(N=C=S)cc3)O[C@H]2CO)[C@@H](O)[C@H](O)[C@H]1O. The zero-order valence-corrected chi connectivity index (χ0v) is 17.4. The molecular formula is C19H25NO11S. The van der Waals surface area contributed by atoms with Crippen molar-refractivity contribution in [1.29, 1.82) is 0 Å². The number of thiocarbonyl (C=S) groups is 1. The van der Waals surface area contributed by atoms with Crippen molar-refractivity contribution in [1.82, 2.24) is 0 Å². The lowest BCUT2D eigenvalue weighted by atomic mass is 9.97. The van der Waals surface area contributed by atoms with Gasteiger partial charge in [0.2, 0.25) is 6.29 Å². The highest BCUT2D eigenvalue weighted by Gasteiger charge is 2.51. The van der Waals surface area contributed by atoms with E-state index in [1.54, 1.807) is 12.1 Å². The topological polar surface area (TPSA) is 191 Å². The normalized spacial score (nSPS) is 39.8. The van der Waals surface area contributed by atoms with Crippen LogP contribution in [0.1, 0.15) is 0 Å². The Balaban J connectivity index is 1.70. The van der Waals surface area contributed by atoms with E-state index in [0.29, 0.717) is 5.69 Å². The predicted octanol–water partition coefficient (Wildman–Crippen LogP) is -2.58. The third kappa shape index (κ3) is 5.31. The van der Waals surface area contributed by atoms with Crippen LogP contribution in [0.15, 0.2) is 29.3 Å². The fourth-order valence-electron chi connectivity index (χ4n) is 3.44. The van der Waals surface area contributed by atoms with Crippen molar-refractivity contribution >= 4 is 23.1 Å². The summed E-state index contributed by atoms with van der Waals surface area (Å²) in [6, 6.07) is 6.21. The fraction of sp³-hybridized carbons (Fsp3) is 0.632. The smallest absolute Gasteiger partial charge is 0.229 e. The lowest BCUT2D eigenvalue weighted by Crippen LogP contribution is -2.65. The average molecular weight is 475 g/mol. The van der Waals surface area contributed by atoms with E-state index in [1.807, 2.05) is 0 Å². The van der Waals surface area contributed by atoms with Gasteiger partial charge in [0.05, 0.1) is 24.1 Å². The molecule has 178 valence electrons. The van der Waals surface area contributed by atoms with Gasteiger partial charge in [-0.1, -0.05) is 0 Å². The monoisotopic (exact) mass is 475 g/mol. The number of hydrogen-bond donors (Lipinski definition) is 7. The molecule has 0 aromatic heterocycles. The molecule has 1 aromatic carbocycles. The Hall–Kier alpha value is -1.58. The van der Waals surface area contributed by atoms with Crippen LogP contribution in [-0.4, -0.2) is 116 Å². The van der Waals surface area contributed by atoms with E-state index < -0.39 is 74.6 Å². The van der Waals surface area contributed by atoms with Crippen LogP contribution in [-0.2, 0) is 14.2 Å². The second kappa shape index (κ2) is 11.0. The van der Waals surface area contributed by atoms with Gasteiger partial charge in [-0.05, 0) is 36.5 Å². The van der Waals surface area contributed by atoms with E-state index in [2.05, 4.69) is 22.4 Å². The zero-order valence-electron chi connectivity index (χ0n) is 16.6. The molecular weight excluding hydrogens is 450 g/mol. The third-order valence-electron chi connectivity index (χ3n) is 5.22. The van der Waals surface area contributed by atoms with Crippen molar-refractivity contribution in [2.75, 3.05) is 13.2 Å². The van der Waals surface area contributed by atoms with Gasteiger partial charge in [-0.15, -0.1) is 0 Å². The van der Waals surface area contributed by atoms with E-state index in [9.17, 15) is 35.7 Å². The van der Waals surface area contributed by atoms with Gasteiger partial charge >= 0.3 is 0 Å². The van der Waals surface area contributed by atoms with Crippen LogP contribution < -0.4 is 4.74 Å². The van der Waals surface area contributed by atoms with Crippen molar-refractivity contribution in [3.05, 3.63) is 24.3 Å². The summed E-state index contributed by atoms with van der Waals surface area (Å²) in [4.78, 5) is 3.80. The minimum Gasteiger partial charge on any atom is -0.462 e. The van der Waals surface area contributed by atoms with Crippen LogP contribution in [0.3, 0.4) is 0 Å². The first-order valence-corrected chi connectivity index (χ1v) is 10.1. The van der Waals surface area contributed by atoms with Crippen LogP contribution in [0.25, 0.3) is 0 Å². The highest BCUT2D eigenvalue weighted by Crippen LogP contribution is 2.30. The third-order valence-corrected chi connectivity index (χ3v) is 5.32. The van der Waals surface area contributed by atoms with E-state index >= 15 is 0 Å². The minimum absolute atomic E-state index is 0.273. The van der Waals surface area contributed by atoms with Gasteiger partial charge in [-0.25, -0.2) is 0 Å². The van der Waals surface area contributed by atoms with E-state index in [1.165, 1.54) is 12.1 Å². The number of ether oxygens (including phenoxy) is 4. The summed E-state index contributed by atoms with van der Waals surface area (Å²) < 4.78 is 21.8. The van der Waals surface area contributed by atoms with E-state index in [0.717, 1.165) is 0 Å². The van der Waals surface area contributed by atoms with Crippen LogP contribution >= 0.6 is 12.2 Å². The molecule has 0 unspecified atom stereocenters. The van der Waals surface area contributed by atoms with Gasteiger partial charge in [0.15, 0.2) is 6.29 Å². The summed E-state index contributed by atoms with van der Waals surface area (Å²) in [7, 11) is 0. The van der Waals surface area contributed by atoms with Gasteiger partial charge in [0, 0.05) is 0 Å². The highest BCUT2D eigenvalue weighted by atomic mass is 32.1. The molecule has 1 aromatic rings. The van der Waals surface area contributed by atoms with E-state index in [4.69, 9.17) is 18.9 Å². The lowest BCUT2D eigenvalue weighted by Gasteiger charge is -2.45. The average Bonchev–Trinajstić information content (AvgIpc) is 2.80. The van der Waals surface area contributed by atoms with E-state index in [-0.39, 0.29) is 5.75 Å². The summed E-state index contributed by atoms with van der Waals surface area (Å²) in [6.45, 7) is -1.33. The molecule has 13 heteroatoms. The zero-order chi connectivity index (χ0) is 23.4. The van der Waals surface area contributed by atoms with Gasteiger partial charge in [-0.3, -0.25) is 0 Å². The summed E-state index contributed by atoms with van der Waals surface area (Å²) in [5.41, 5.74) is 0.527. The summed E-state index contributed by atoms with van der Waals surface area (Å²) in [6.07, 6.45) is -15.2. The second-order valence-electron chi connectivity index (χ2n) is 7.32. The van der Waals surface area contributed by atoms with Crippen LogP contribution in [0.4, 0.5) is 5.69 Å². The number of nitrogens with zero attached hydrogens (tertiary/aromatic N) is 1. The Morgan fingerprint density at radius 3 is 2.00 bits per heavy atom. The molecule has 0 spiro atoms. The van der Waals surface area contributed by atoms with Crippen molar-refractivity contribution in [3.8, 4) is 5.75 Å². The molecule has 2 heterocycles. The highest BCUT2D eigenvalue weighted by molar-refractivity contribution is 7.78. The molecule has 10 atom stereocenters. The van der Waals surface area contributed by atoms with Crippen molar-refractivity contribution < 1.29 is 54.7 Å². The molecule has 2 fully saturated rings. The predicted molar refractivity (Wildman–Crippen MR) is 108 cm³/mol. The number of benzene rings is 1. The van der Waals surface area contributed by atoms with Crippen molar-refractivity contribution in [2.24, 2.45) is 4.99 Å². The Labute approximate surface area is 187 Å². The standard InChI is InChI=1S/C19H25NO11S/c21-5-10-12(23)13(24)15(26)19(29-10)31-17-11(6-22)30-18(16(27)14(17)25)28-9-3-1-8(2-4-9)20-7-32/h1-4,10-19,21-27H,5-6H2/t10-,11-,12-,13+,14-,15-,16-,17+,18+,19+/m0/s1. The lowest BCUT2D eigenvalue weighted by molar-refractivity contribution is -0.352. The molecule has 0 radical (unpaired) electrons. The van der Waals surface area contributed by atoms with Gasteiger partial charge in [0.1, 0.15) is 54.6 Å². The maximum atomic E-state index is 10.6. The molecule has 0 bridgehead atoms. The Bertz CT molecular complexity index is 788. The Kier molecular flexibility index (Phi) is 8.63. The van der Waals surface area contributed by atoms with Gasteiger partial charge in [0.25, 0.3) is 0 Å². The van der Waals surface area contributed by atoms with Crippen molar-refractivity contribution in [3.63, 3.8) is 0 Å². The molecule has 0 aliphatic carbocycles. The summed E-state index contributed by atoms with van der Waals surface area (Å²) >= 11 is 4.53. The van der Waals surface area contributed by atoms with Crippen LogP contribution in [0.5, 0.6) is 5.75 Å². The molecule has 2 aliphatic heterocycles. The molecule has 3 rings (SSSR count). The van der Waals surface area contributed by atoms with Gasteiger partial charge < -0.3 is 54.7 Å².